The SMILES string of the molecule is COc1cc(N=Nc2ccc3cc(SOOO)cc(S(=O)(=O)O)c3c2)c(C)cc1N=Nc1cc(O)c(N=Nc2c(SOOO)cc3cc(-n4nc5ccc6c(S(=O)(=O)O)cc(S(=O)(=O)O)cc6c5n4)ccc3c2O)cc1OC.[Cu]. The molecule has 28 nitrogen and oxygen atoms in total. The predicted octanol–water partition coefficient (Wildman–Crippen LogP) is 11.5. The molecule has 79 heavy (non-hydrogen) atoms. The van der Waals surface area contributed by atoms with Crippen LogP contribution in [0, 0.1) is 6.92 Å². The van der Waals surface area contributed by atoms with Gasteiger partial charge in [-0.05, 0) is 96.1 Å². The van der Waals surface area contributed by atoms with Gasteiger partial charge in [-0.2, -0.15) is 40.3 Å². The summed E-state index contributed by atoms with van der Waals surface area (Å²) < 4.78 is 123. The van der Waals surface area contributed by atoms with Crippen molar-refractivity contribution in [3.05, 3.63) is 109 Å². The Morgan fingerprint density at radius 3 is 1.86 bits per heavy atom. The monoisotopic (exact) mass is 1230 g/mol. The molecule has 1 aromatic heterocycles. The number of phenolic OH excluding ortho intramolecular Hbond substituents is 2. The molecule has 0 bridgehead atoms. The van der Waals surface area contributed by atoms with Gasteiger partial charge < -0.3 is 19.7 Å². The average Bonchev–Trinajstić information content (AvgIpc) is 4.11. The van der Waals surface area contributed by atoms with Gasteiger partial charge >= 0.3 is 0 Å². The van der Waals surface area contributed by atoms with Crippen molar-refractivity contribution in [1.29, 1.82) is 0 Å². The van der Waals surface area contributed by atoms with E-state index in [-0.39, 0.29) is 105 Å². The molecule has 0 aliphatic heterocycles. The molecule has 1 radical (unpaired) electrons. The van der Waals surface area contributed by atoms with Gasteiger partial charge in [0, 0.05) is 61.7 Å². The van der Waals surface area contributed by atoms with Crippen molar-refractivity contribution in [2.24, 2.45) is 30.7 Å². The van der Waals surface area contributed by atoms with Gasteiger partial charge in [-0.25, -0.2) is 10.5 Å². The Balaban J connectivity index is 0.00000822. The predicted molar refractivity (Wildman–Crippen MR) is 275 cm³/mol. The van der Waals surface area contributed by atoms with Crippen LogP contribution in [0.3, 0.4) is 0 Å². The standard InChI is InChI=1S/C45H33N9O19S5.Cu/c1-21-10-35(38(68-2)19-33(21)47-46-24-5-4-22-12-26(74-72-70-57)15-41(30(22)14-24)77(62,63)64)49-50-36-18-37(55)34(20-39(36)69-3)48-51-44-40(75-73-71-58)13-23-11-25(6-7-28(23)45(44)56)54-52-32-9-8-29-31(43(32)53-54)16-27(76(59,60)61)17-42(29)78(65,66)67;/h4-20,55-58H,1-3H3,(H,59,60,61)(H,62,63,64)(H,65,66,67);. The molecular weight excluding hydrogens is 1190 g/mol. The van der Waals surface area contributed by atoms with E-state index in [9.17, 15) is 49.1 Å². The molecule has 34 heteroatoms. The van der Waals surface area contributed by atoms with Crippen molar-refractivity contribution in [3.8, 4) is 28.7 Å². The van der Waals surface area contributed by atoms with Gasteiger partial charge in [0.25, 0.3) is 30.4 Å². The van der Waals surface area contributed by atoms with E-state index in [0.29, 0.717) is 52.2 Å². The number of benzene rings is 8. The molecular formula is C45H33CuN9O19S5. The molecule has 0 aliphatic rings. The maximum Gasteiger partial charge on any atom is 0.295 e. The topological polar surface area (TPSA) is 404 Å². The molecule has 0 atom stereocenters. The van der Waals surface area contributed by atoms with E-state index < -0.39 is 56.5 Å². The van der Waals surface area contributed by atoms with Crippen molar-refractivity contribution >= 4 is 132 Å². The number of aryl methyl sites for hydroxylation is 1. The van der Waals surface area contributed by atoms with Gasteiger partial charge in [0.05, 0.1) is 65.2 Å². The number of aromatic hydroxyl groups is 2. The molecule has 9 rings (SSSR count). The van der Waals surface area contributed by atoms with Crippen LogP contribution < -0.4 is 9.47 Å². The van der Waals surface area contributed by atoms with Crippen LogP contribution in [-0.4, -0.2) is 88.9 Å². The molecule has 0 saturated carbocycles. The van der Waals surface area contributed by atoms with Crippen LogP contribution in [0.2, 0.25) is 0 Å². The van der Waals surface area contributed by atoms with Crippen LogP contribution in [0.5, 0.6) is 23.0 Å². The third-order valence-corrected chi connectivity index (χ3v) is 15.1. The molecule has 7 N–H and O–H groups in total. The van der Waals surface area contributed by atoms with Gasteiger partial charge in [0.1, 0.15) is 60.8 Å². The minimum absolute atomic E-state index is 0. The Morgan fingerprint density at radius 2 is 1.19 bits per heavy atom. The molecule has 0 unspecified atom stereocenters. The molecule has 0 fully saturated rings. The first kappa shape index (κ1) is 57.8. The van der Waals surface area contributed by atoms with Gasteiger partial charge in [-0.1, -0.05) is 22.2 Å². The summed E-state index contributed by atoms with van der Waals surface area (Å²) in [7, 11) is -12.0. The molecule has 9 aromatic rings. The van der Waals surface area contributed by atoms with E-state index >= 15 is 0 Å². The minimum atomic E-state index is -4.98. The second-order valence-electron chi connectivity index (χ2n) is 16.0. The summed E-state index contributed by atoms with van der Waals surface area (Å²) in [6, 6.07) is 22.9. The second-order valence-corrected chi connectivity index (χ2v) is 21.8. The van der Waals surface area contributed by atoms with Gasteiger partial charge in [0.15, 0.2) is 5.75 Å². The molecule has 0 spiro atoms. The van der Waals surface area contributed by atoms with Crippen LogP contribution in [0.1, 0.15) is 5.56 Å². The molecule has 0 aliphatic carbocycles. The first-order valence-electron chi connectivity index (χ1n) is 21.4. The van der Waals surface area contributed by atoms with Crippen molar-refractivity contribution in [2.45, 2.75) is 31.4 Å². The summed E-state index contributed by atoms with van der Waals surface area (Å²) >= 11 is 0.924. The van der Waals surface area contributed by atoms with Crippen molar-refractivity contribution in [2.75, 3.05) is 14.2 Å². The third kappa shape index (κ3) is 12.3. The number of ether oxygens (including phenoxy) is 2. The fourth-order valence-corrected chi connectivity index (χ4v) is 10.9. The maximum absolute atomic E-state index is 12.3. The van der Waals surface area contributed by atoms with E-state index in [1.54, 1.807) is 25.1 Å². The number of nitrogens with zero attached hydrogens (tertiary/aromatic N) is 9. The second kappa shape index (κ2) is 23.2. The number of aromatic nitrogens is 3. The third-order valence-electron chi connectivity index (χ3n) is 11.3. The number of hydrogen-bond acceptors (Lipinski definition) is 26. The van der Waals surface area contributed by atoms with E-state index in [2.05, 4.69) is 59.6 Å². The maximum atomic E-state index is 12.3. The fraction of sp³-hybridized carbons (Fsp3) is 0.0667. The smallest absolute Gasteiger partial charge is 0.295 e. The minimum Gasteiger partial charge on any atom is -0.506 e. The van der Waals surface area contributed by atoms with Gasteiger partial charge in [0.2, 0.25) is 0 Å². The van der Waals surface area contributed by atoms with Gasteiger partial charge in [-0.3, -0.25) is 13.7 Å². The van der Waals surface area contributed by atoms with Crippen LogP contribution in [0.15, 0.2) is 158 Å². The van der Waals surface area contributed by atoms with Crippen molar-refractivity contribution in [3.63, 3.8) is 0 Å². The van der Waals surface area contributed by atoms with E-state index in [4.69, 9.17) is 20.0 Å². The normalized spacial score (nSPS) is 12.5. The quantitative estimate of drug-likeness (QED) is 0.0105. The van der Waals surface area contributed by atoms with Crippen molar-refractivity contribution < 1.29 is 105 Å². The zero-order valence-electron chi connectivity index (χ0n) is 39.7. The molecule has 0 saturated heterocycles. The summed E-state index contributed by atoms with van der Waals surface area (Å²) in [4.78, 5) is -0.733. The summed E-state index contributed by atoms with van der Waals surface area (Å²) in [6.07, 6.45) is 0. The number of hydrogen-bond donors (Lipinski definition) is 7. The van der Waals surface area contributed by atoms with Crippen LogP contribution in [0.4, 0.5) is 34.1 Å². The number of azo groups is 3. The summed E-state index contributed by atoms with van der Waals surface area (Å²) in [5.41, 5.74) is 1.39. The molecule has 0 amide bonds. The summed E-state index contributed by atoms with van der Waals surface area (Å²) in [6.45, 7) is 1.71. The summed E-state index contributed by atoms with van der Waals surface area (Å²) in [5, 5.41) is 82.7. The van der Waals surface area contributed by atoms with Crippen LogP contribution >= 0.6 is 24.1 Å². The Labute approximate surface area is 462 Å². The fourth-order valence-electron chi connectivity index (χ4n) is 7.77. The Kier molecular flexibility index (Phi) is 16.9. The Hall–Kier alpha value is -7.35. The Morgan fingerprint density at radius 1 is 0.557 bits per heavy atom. The van der Waals surface area contributed by atoms with Gasteiger partial charge in [-0.15, -0.1) is 39.3 Å². The van der Waals surface area contributed by atoms with E-state index in [0.717, 1.165) is 16.9 Å². The zero-order valence-corrected chi connectivity index (χ0v) is 44.7. The first-order chi connectivity index (χ1) is 37.1. The average molecular weight is 1230 g/mol. The van der Waals surface area contributed by atoms with Crippen LogP contribution in [0.25, 0.3) is 49.0 Å². The number of methoxy groups -OCH3 is 2. The van der Waals surface area contributed by atoms with E-state index in [1.165, 1.54) is 80.9 Å². The largest absolute Gasteiger partial charge is 0.506 e. The number of fused-ring (bicyclic) bond motifs is 5. The number of rotatable bonds is 18. The zero-order chi connectivity index (χ0) is 55.8. The molecule has 8 aromatic carbocycles. The van der Waals surface area contributed by atoms with Crippen molar-refractivity contribution in [1.82, 2.24) is 15.0 Å². The molecule has 413 valence electrons. The van der Waals surface area contributed by atoms with Crippen LogP contribution in [-0.2, 0) is 66.2 Å². The number of phenols is 2. The Bertz CT molecular complexity index is 4380. The summed E-state index contributed by atoms with van der Waals surface area (Å²) in [5.74, 6) is -0.652. The van der Waals surface area contributed by atoms with E-state index in [1.807, 2.05) is 0 Å². The first-order valence-corrected chi connectivity index (χ1v) is 27.2. The molecule has 1 heterocycles.